The average molecular weight is 222 g/mol. The van der Waals surface area contributed by atoms with E-state index in [0.717, 1.165) is 32.6 Å². The summed E-state index contributed by atoms with van der Waals surface area (Å²) in [5, 5.41) is 5.55. The van der Waals surface area contributed by atoms with E-state index < -0.39 is 0 Å². The van der Waals surface area contributed by atoms with Crippen molar-refractivity contribution >= 4 is 11.3 Å². The van der Waals surface area contributed by atoms with E-state index in [9.17, 15) is 0 Å². The van der Waals surface area contributed by atoms with Crippen LogP contribution in [0.15, 0.2) is 30.2 Å². The summed E-state index contributed by atoms with van der Waals surface area (Å²) in [6.07, 6.45) is 3.09. The van der Waals surface area contributed by atoms with Crippen LogP contribution in [0.25, 0.3) is 0 Å². The molecule has 2 rings (SSSR count). The van der Waals surface area contributed by atoms with Gasteiger partial charge in [0.2, 0.25) is 0 Å². The smallest absolute Gasteiger partial charge is 0.0476 e. The lowest BCUT2D eigenvalue weighted by atomic mass is 10.1. The third-order valence-electron chi connectivity index (χ3n) is 2.85. The zero-order chi connectivity index (χ0) is 10.5. The van der Waals surface area contributed by atoms with Gasteiger partial charge in [-0.1, -0.05) is 12.1 Å². The third kappa shape index (κ3) is 2.68. The highest BCUT2D eigenvalue weighted by Crippen LogP contribution is 2.28. The number of hydrogen-bond acceptors (Lipinski definition) is 3. The molecule has 15 heavy (non-hydrogen) atoms. The van der Waals surface area contributed by atoms with Crippen LogP contribution in [0, 0.1) is 0 Å². The van der Waals surface area contributed by atoms with Crippen LogP contribution in [-0.2, 0) is 0 Å². The second-order valence-electron chi connectivity index (χ2n) is 3.84. The first-order valence-electron chi connectivity index (χ1n) is 5.51. The fourth-order valence-electron chi connectivity index (χ4n) is 2.08. The van der Waals surface area contributed by atoms with E-state index >= 15 is 0 Å². The van der Waals surface area contributed by atoms with E-state index in [-0.39, 0.29) is 0 Å². The van der Waals surface area contributed by atoms with E-state index in [1.165, 1.54) is 4.88 Å². The summed E-state index contributed by atoms with van der Waals surface area (Å²) < 4.78 is 0. The summed E-state index contributed by atoms with van der Waals surface area (Å²) in [4.78, 5) is 4.03. The molecule has 1 atom stereocenters. The van der Waals surface area contributed by atoms with Crippen LogP contribution in [0.4, 0.5) is 0 Å². The number of piperazine rings is 1. The normalized spacial score (nSPS) is 20.0. The summed E-state index contributed by atoms with van der Waals surface area (Å²) >= 11 is 1.85. The molecule has 1 aliphatic rings. The Morgan fingerprint density at radius 3 is 2.93 bits per heavy atom. The fraction of sp³-hybridized carbons (Fsp3) is 0.500. The van der Waals surface area contributed by atoms with Crippen LogP contribution in [0.5, 0.6) is 0 Å². The highest BCUT2D eigenvalue weighted by molar-refractivity contribution is 7.10. The van der Waals surface area contributed by atoms with E-state index in [4.69, 9.17) is 0 Å². The molecule has 3 heteroatoms. The minimum absolute atomic E-state index is 0.546. The van der Waals surface area contributed by atoms with Gasteiger partial charge >= 0.3 is 0 Å². The van der Waals surface area contributed by atoms with Crippen LogP contribution in [-0.4, -0.2) is 31.1 Å². The van der Waals surface area contributed by atoms with Gasteiger partial charge in [0.1, 0.15) is 0 Å². The quantitative estimate of drug-likeness (QED) is 0.786. The molecule has 0 bridgehead atoms. The van der Waals surface area contributed by atoms with E-state index in [0.29, 0.717) is 6.04 Å². The van der Waals surface area contributed by atoms with Gasteiger partial charge < -0.3 is 5.32 Å². The number of thiophene rings is 1. The topological polar surface area (TPSA) is 15.3 Å². The minimum Gasteiger partial charge on any atom is -0.314 e. The maximum absolute atomic E-state index is 3.87. The van der Waals surface area contributed by atoms with Crippen molar-refractivity contribution in [2.45, 2.75) is 12.5 Å². The Balaban J connectivity index is 2.07. The van der Waals surface area contributed by atoms with Crippen LogP contribution >= 0.6 is 11.3 Å². The fourth-order valence-corrected chi connectivity index (χ4v) is 2.95. The third-order valence-corrected chi connectivity index (χ3v) is 3.83. The Hall–Kier alpha value is -0.640. The highest BCUT2D eigenvalue weighted by Gasteiger charge is 2.21. The Bertz CT molecular complexity index is 289. The molecule has 2 nitrogen and oxygen atoms in total. The maximum Gasteiger partial charge on any atom is 0.0476 e. The SMILES string of the molecule is C=CC[C@H](c1cccs1)N1CCNCC1. The molecule has 0 aromatic carbocycles. The van der Waals surface area contributed by atoms with Crippen molar-refractivity contribution in [1.82, 2.24) is 10.2 Å². The summed E-state index contributed by atoms with van der Waals surface area (Å²) in [5.74, 6) is 0. The molecule has 0 aliphatic carbocycles. The number of rotatable bonds is 4. The highest BCUT2D eigenvalue weighted by atomic mass is 32.1. The molecule has 1 aromatic rings. The first-order valence-corrected chi connectivity index (χ1v) is 6.39. The van der Waals surface area contributed by atoms with Gasteiger partial charge in [-0.2, -0.15) is 0 Å². The van der Waals surface area contributed by atoms with Crippen molar-refractivity contribution in [3.63, 3.8) is 0 Å². The van der Waals surface area contributed by atoms with Crippen LogP contribution in [0.3, 0.4) is 0 Å². The molecule has 0 spiro atoms. The molecule has 0 unspecified atom stereocenters. The summed E-state index contributed by atoms with van der Waals surface area (Å²) in [7, 11) is 0. The predicted molar refractivity (Wildman–Crippen MR) is 66.3 cm³/mol. The zero-order valence-electron chi connectivity index (χ0n) is 8.98. The molecule has 1 N–H and O–H groups in total. The van der Waals surface area contributed by atoms with Crippen LogP contribution in [0.1, 0.15) is 17.3 Å². The van der Waals surface area contributed by atoms with Crippen LogP contribution in [0.2, 0.25) is 0 Å². The molecule has 0 saturated carbocycles. The van der Waals surface area contributed by atoms with E-state index in [1.807, 2.05) is 17.4 Å². The standard InChI is InChI=1S/C12H18N2S/c1-2-4-11(12-5-3-10-15-12)14-8-6-13-7-9-14/h2-3,5,10-11,13H,1,4,6-9H2/t11-/m1/s1. The van der Waals surface area contributed by atoms with Gasteiger partial charge in [-0.15, -0.1) is 17.9 Å². The van der Waals surface area contributed by atoms with Crippen LogP contribution < -0.4 is 5.32 Å². The largest absolute Gasteiger partial charge is 0.314 e. The Morgan fingerprint density at radius 1 is 1.53 bits per heavy atom. The van der Waals surface area contributed by atoms with Crippen molar-refractivity contribution < 1.29 is 0 Å². The second kappa shape index (κ2) is 5.45. The van der Waals surface area contributed by atoms with Gasteiger partial charge in [-0.05, 0) is 17.9 Å². The summed E-state index contributed by atoms with van der Waals surface area (Å²) in [6.45, 7) is 8.39. The molecule has 1 saturated heterocycles. The minimum atomic E-state index is 0.546. The lowest BCUT2D eigenvalue weighted by Crippen LogP contribution is -2.44. The Kier molecular flexibility index (Phi) is 3.94. The van der Waals surface area contributed by atoms with Gasteiger partial charge in [0.05, 0.1) is 0 Å². The average Bonchev–Trinajstić information content (AvgIpc) is 2.80. The first kappa shape index (κ1) is 10.9. The lowest BCUT2D eigenvalue weighted by Gasteiger charge is -2.33. The second-order valence-corrected chi connectivity index (χ2v) is 4.82. The van der Waals surface area contributed by atoms with Crippen molar-refractivity contribution in [1.29, 1.82) is 0 Å². The molecule has 1 aromatic heterocycles. The maximum atomic E-state index is 3.87. The lowest BCUT2D eigenvalue weighted by molar-refractivity contribution is 0.177. The number of nitrogens with one attached hydrogen (secondary N) is 1. The monoisotopic (exact) mass is 222 g/mol. The van der Waals surface area contributed by atoms with Gasteiger partial charge in [0, 0.05) is 37.1 Å². The predicted octanol–water partition coefficient (Wildman–Crippen LogP) is 2.27. The number of hydrogen-bond donors (Lipinski definition) is 1. The van der Waals surface area contributed by atoms with Gasteiger partial charge in [-0.25, -0.2) is 0 Å². The van der Waals surface area contributed by atoms with Gasteiger partial charge in [-0.3, -0.25) is 4.90 Å². The Morgan fingerprint density at radius 2 is 2.33 bits per heavy atom. The molecule has 1 aliphatic heterocycles. The molecule has 1 fully saturated rings. The van der Waals surface area contributed by atoms with Crippen molar-refractivity contribution in [2.75, 3.05) is 26.2 Å². The zero-order valence-corrected chi connectivity index (χ0v) is 9.80. The summed E-state index contributed by atoms with van der Waals surface area (Å²) in [6, 6.07) is 4.92. The summed E-state index contributed by atoms with van der Waals surface area (Å²) in [5.41, 5.74) is 0. The molecule has 0 amide bonds. The first-order chi connectivity index (χ1) is 7.42. The molecule has 2 heterocycles. The van der Waals surface area contributed by atoms with E-state index in [1.54, 1.807) is 0 Å². The van der Waals surface area contributed by atoms with Gasteiger partial charge in [0.15, 0.2) is 0 Å². The molecular formula is C12H18N2S. The van der Waals surface area contributed by atoms with Gasteiger partial charge in [0.25, 0.3) is 0 Å². The van der Waals surface area contributed by atoms with Crippen molar-refractivity contribution in [3.05, 3.63) is 35.0 Å². The van der Waals surface area contributed by atoms with E-state index in [2.05, 4.69) is 34.3 Å². The molecular weight excluding hydrogens is 204 g/mol. The van der Waals surface area contributed by atoms with Crippen molar-refractivity contribution in [3.8, 4) is 0 Å². The van der Waals surface area contributed by atoms with Crippen molar-refractivity contribution in [2.24, 2.45) is 0 Å². The molecule has 82 valence electrons. The Labute approximate surface area is 95.6 Å². The number of nitrogens with zero attached hydrogens (tertiary/aromatic N) is 1. The molecule has 0 radical (unpaired) electrons.